The lowest BCUT2D eigenvalue weighted by Gasteiger charge is -2.39. The molecule has 0 aromatic heterocycles. The number of anilines is 1. The van der Waals surface area contributed by atoms with Gasteiger partial charge in [-0.25, -0.2) is 4.79 Å². The Bertz CT molecular complexity index is 627. The number of nitrogens with one attached hydrogen (secondary N) is 1. The molecule has 0 saturated heterocycles. The number of likely N-dealkylation sites (N-methyl/N-ethyl adjacent to an activating group) is 1. The number of rotatable bonds is 8. The van der Waals surface area contributed by atoms with Crippen molar-refractivity contribution in [1.82, 2.24) is 0 Å². The number of hydrogen-bond donors (Lipinski definition) is 1. The summed E-state index contributed by atoms with van der Waals surface area (Å²) < 4.78 is 5.49. The van der Waals surface area contributed by atoms with Crippen molar-refractivity contribution >= 4 is 29.2 Å². The van der Waals surface area contributed by atoms with E-state index in [0.717, 1.165) is 31.5 Å². The lowest BCUT2D eigenvalue weighted by Crippen LogP contribution is -2.57. The zero-order chi connectivity index (χ0) is 19.2. The van der Waals surface area contributed by atoms with Crippen LogP contribution in [0.15, 0.2) is 12.1 Å². The first-order valence-corrected chi connectivity index (χ1v) is 9.15. The largest absolute Gasteiger partial charge is 0.465 e. The molecule has 140 valence electrons. The Balaban J connectivity index is 3.27. The monoisotopic (exact) mass is 369 g/mol. The van der Waals surface area contributed by atoms with Crippen LogP contribution in [0.25, 0.3) is 0 Å². The molecule has 0 spiro atoms. The molecule has 0 aliphatic carbocycles. The molecule has 0 bridgehead atoms. The Morgan fingerprint density at radius 2 is 1.84 bits per heavy atom. The molecule has 0 aliphatic heterocycles. The second kappa shape index (κ2) is 9.20. The lowest BCUT2D eigenvalue weighted by molar-refractivity contribution is -0.921. The second-order valence-corrected chi connectivity index (χ2v) is 6.98. The number of aryl methyl sites for hydroxylation is 1. The van der Waals surface area contributed by atoms with E-state index < -0.39 is 5.97 Å². The van der Waals surface area contributed by atoms with Gasteiger partial charge in [0.1, 0.15) is 0 Å². The van der Waals surface area contributed by atoms with Gasteiger partial charge in [-0.3, -0.25) is 4.79 Å². The van der Waals surface area contributed by atoms with E-state index in [1.807, 2.05) is 6.92 Å². The number of nitrogens with zero attached hydrogens (tertiary/aromatic N) is 1. The average molecular weight is 370 g/mol. The molecule has 1 atom stereocenters. The number of carbonyl (C=O) groups is 2. The van der Waals surface area contributed by atoms with Crippen LogP contribution in [0, 0.1) is 6.92 Å². The van der Waals surface area contributed by atoms with Crippen LogP contribution in [0.3, 0.4) is 0 Å². The molecule has 0 fully saturated rings. The Kier molecular flexibility index (Phi) is 7.90. The molecular weight excluding hydrogens is 340 g/mol. The summed E-state index contributed by atoms with van der Waals surface area (Å²) in [4.78, 5) is 25.1. The Morgan fingerprint density at radius 1 is 1.24 bits per heavy atom. The van der Waals surface area contributed by atoms with Crippen LogP contribution < -0.4 is 5.32 Å². The maximum Gasteiger partial charge on any atom is 0.340 e. The number of hydrogen-bond acceptors (Lipinski definition) is 3. The van der Waals surface area contributed by atoms with E-state index in [2.05, 4.69) is 33.1 Å². The van der Waals surface area contributed by atoms with Crippen LogP contribution in [0.2, 0.25) is 5.02 Å². The molecule has 1 rings (SSSR count). The molecule has 25 heavy (non-hydrogen) atoms. The SMILES string of the molecule is CCCC(C(=O)Nc1c(C)cc(Cl)cc1C(=O)OC)[N+](C)(CC)CC. The van der Waals surface area contributed by atoms with Crippen molar-refractivity contribution in [1.29, 1.82) is 0 Å². The normalized spacial score (nSPS) is 12.6. The summed E-state index contributed by atoms with van der Waals surface area (Å²) in [7, 11) is 3.40. The third-order valence-electron chi connectivity index (χ3n) is 5.02. The number of amides is 1. The average Bonchev–Trinajstić information content (AvgIpc) is 2.60. The highest BCUT2D eigenvalue weighted by molar-refractivity contribution is 6.31. The Labute approximate surface area is 155 Å². The lowest BCUT2D eigenvalue weighted by atomic mass is 10.0. The zero-order valence-electron chi connectivity index (χ0n) is 16.1. The summed E-state index contributed by atoms with van der Waals surface area (Å²) >= 11 is 6.07. The van der Waals surface area contributed by atoms with Gasteiger partial charge in [0.15, 0.2) is 6.04 Å². The van der Waals surface area contributed by atoms with E-state index in [9.17, 15) is 9.59 Å². The Hall–Kier alpha value is -1.59. The van der Waals surface area contributed by atoms with Crippen molar-refractivity contribution in [2.24, 2.45) is 0 Å². The summed E-state index contributed by atoms with van der Waals surface area (Å²) in [5.41, 5.74) is 1.48. The van der Waals surface area contributed by atoms with Gasteiger partial charge in [-0.05, 0) is 44.9 Å². The van der Waals surface area contributed by atoms with Gasteiger partial charge in [-0.2, -0.15) is 0 Å². The van der Waals surface area contributed by atoms with E-state index in [0.29, 0.717) is 15.2 Å². The zero-order valence-corrected chi connectivity index (χ0v) is 16.9. The molecule has 0 aliphatic rings. The molecule has 1 unspecified atom stereocenters. The van der Waals surface area contributed by atoms with E-state index >= 15 is 0 Å². The number of ether oxygens (including phenoxy) is 1. The highest BCUT2D eigenvalue weighted by Gasteiger charge is 2.35. The number of methoxy groups -OCH3 is 1. The van der Waals surface area contributed by atoms with Crippen molar-refractivity contribution in [3.63, 3.8) is 0 Å². The summed E-state index contributed by atoms with van der Waals surface area (Å²) in [5, 5.41) is 3.40. The first-order valence-electron chi connectivity index (χ1n) is 8.77. The molecule has 1 N–H and O–H groups in total. The predicted molar refractivity (Wildman–Crippen MR) is 102 cm³/mol. The van der Waals surface area contributed by atoms with Gasteiger partial charge in [0.05, 0.1) is 38.5 Å². The summed E-state index contributed by atoms with van der Waals surface area (Å²) in [6.45, 7) is 9.79. The minimum Gasteiger partial charge on any atom is -0.465 e. The summed E-state index contributed by atoms with van der Waals surface area (Å²) in [6.07, 6.45) is 1.69. The van der Waals surface area contributed by atoms with E-state index in [-0.39, 0.29) is 17.5 Å². The molecule has 5 nitrogen and oxygen atoms in total. The van der Waals surface area contributed by atoms with Gasteiger partial charge in [0.2, 0.25) is 0 Å². The van der Waals surface area contributed by atoms with Gasteiger partial charge < -0.3 is 14.5 Å². The highest BCUT2D eigenvalue weighted by atomic mass is 35.5. The van der Waals surface area contributed by atoms with E-state index in [1.165, 1.54) is 13.2 Å². The fourth-order valence-electron chi connectivity index (χ4n) is 3.05. The number of esters is 1. The van der Waals surface area contributed by atoms with Crippen LogP contribution in [0.4, 0.5) is 5.69 Å². The van der Waals surface area contributed by atoms with Crippen molar-refractivity contribution in [3.05, 3.63) is 28.3 Å². The molecule has 0 radical (unpaired) electrons. The molecule has 1 aromatic rings. The molecule has 6 heteroatoms. The molecular formula is C19H30ClN2O3+. The van der Waals surface area contributed by atoms with Crippen LogP contribution in [-0.4, -0.2) is 49.6 Å². The smallest absolute Gasteiger partial charge is 0.340 e. The molecule has 0 saturated carbocycles. The van der Waals surface area contributed by atoms with E-state index in [1.54, 1.807) is 6.07 Å². The standard InChI is InChI=1S/C19H29ClN2O3/c1-7-10-16(22(5,8-2)9-3)18(23)21-17-13(4)11-14(20)12-15(17)19(24)25-6/h11-12,16H,7-10H2,1-6H3/p+1. The topological polar surface area (TPSA) is 55.4 Å². The van der Waals surface area contributed by atoms with Gasteiger partial charge >= 0.3 is 5.97 Å². The minimum atomic E-state index is -0.517. The third-order valence-corrected chi connectivity index (χ3v) is 5.23. The number of halogens is 1. The maximum absolute atomic E-state index is 13.1. The molecule has 1 aromatic carbocycles. The van der Waals surface area contributed by atoms with Crippen LogP contribution >= 0.6 is 11.6 Å². The second-order valence-electron chi connectivity index (χ2n) is 6.54. The van der Waals surface area contributed by atoms with Crippen LogP contribution in [0.5, 0.6) is 0 Å². The van der Waals surface area contributed by atoms with Crippen molar-refractivity contribution in [2.45, 2.75) is 46.6 Å². The highest BCUT2D eigenvalue weighted by Crippen LogP contribution is 2.27. The number of quaternary nitrogens is 1. The first-order chi connectivity index (χ1) is 11.7. The molecule has 1 amide bonds. The van der Waals surface area contributed by atoms with Gasteiger partial charge in [0.25, 0.3) is 5.91 Å². The van der Waals surface area contributed by atoms with Gasteiger partial charge in [0, 0.05) is 11.4 Å². The number of benzene rings is 1. The fraction of sp³-hybridized carbons (Fsp3) is 0.579. The molecule has 0 heterocycles. The summed E-state index contributed by atoms with van der Waals surface area (Å²) in [6, 6.07) is 3.07. The van der Waals surface area contributed by atoms with Crippen molar-refractivity contribution in [2.75, 3.05) is 32.6 Å². The quantitative estimate of drug-likeness (QED) is 0.556. The van der Waals surface area contributed by atoms with Crippen LogP contribution in [-0.2, 0) is 9.53 Å². The minimum absolute atomic E-state index is 0.0800. The van der Waals surface area contributed by atoms with Crippen LogP contribution in [0.1, 0.15) is 49.5 Å². The van der Waals surface area contributed by atoms with Gasteiger partial charge in [-0.1, -0.05) is 18.5 Å². The van der Waals surface area contributed by atoms with Crippen molar-refractivity contribution in [3.8, 4) is 0 Å². The summed E-state index contributed by atoms with van der Waals surface area (Å²) in [5.74, 6) is -0.597. The van der Waals surface area contributed by atoms with E-state index in [4.69, 9.17) is 16.3 Å². The predicted octanol–water partition coefficient (Wildman–Crippen LogP) is 4.03. The fourth-order valence-corrected chi connectivity index (χ4v) is 3.32. The van der Waals surface area contributed by atoms with Crippen molar-refractivity contribution < 1.29 is 18.8 Å². The Morgan fingerprint density at radius 3 is 2.32 bits per heavy atom. The first kappa shape index (κ1) is 21.5. The van der Waals surface area contributed by atoms with Gasteiger partial charge in [-0.15, -0.1) is 0 Å². The maximum atomic E-state index is 13.1. The number of carbonyl (C=O) groups excluding carboxylic acids is 2. The third kappa shape index (κ3) is 4.95.